The number of fused-ring (bicyclic) bond motifs is 1. The van der Waals surface area contributed by atoms with E-state index in [4.69, 9.17) is 14.2 Å². The minimum absolute atomic E-state index is 0.0637. The molecule has 1 aliphatic rings. The molecule has 2 aromatic carbocycles. The molecule has 3 radical (unpaired) electrons. The van der Waals surface area contributed by atoms with E-state index in [1.54, 1.807) is 58.6 Å². The van der Waals surface area contributed by atoms with Gasteiger partial charge in [-0.3, -0.25) is 9.69 Å². The maximum Gasteiger partial charge on any atom is 0.415 e. The SMILES string of the molecule is C=C(C#N)CN(C(=O)OC(C)(C)C)c1c(OC)ccc2ccc(-c3ccnc(C(=O)N[C@]4([Si])CCCN(C(=O)OC(C)(C)C)C4)n3)cc12. The number of hydrogen-bond donors (Lipinski definition) is 1. The average Bonchev–Trinajstić information content (AvgIpc) is 3.01. The third-order valence-corrected chi connectivity index (χ3v) is 7.75. The van der Waals surface area contributed by atoms with Crippen LogP contribution in [-0.4, -0.2) is 86.3 Å². The van der Waals surface area contributed by atoms with Crippen molar-refractivity contribution in [2.24, 2.45) is 0 Å². The lowest BCUT2D eigenvalue weighted by Gasteiger charge is -2.41. The highest BCUT2D eigenvalue weighted by atomic mass is 28.1. The molecule has 2 heterocycles. The normalized spacial score (nSPS) is 16.4. The number of ether oxygens (including phenoxy) is 3. The summed E-state index contributed by atoms with van der Waals surface area (Å²) in [5.41, 5.74) is 0.191. The number of rotatable bonds is 7. The number of piperidine rings is 1. The van der Waals surface area contributed by atoms with Crippen LogP contribution >= 0.6 is 0 Å². The number of amides is 3. The lowest BCUT2D eigenvalue weighted by Crippen LogP contribution is -2.60. The van der Waals surface area contributed by atoms with Crippen molar-refractivity contribution in [3.8, 4) is 23.1 Å². The number of nitrogens with zero attached hydrogens (tertiary/aromatic N) is 5. The van der Waals surface area contributed by atoms with Crippen LogP contribution in [0.4, 0.5) is 15.3 Å². The minimum atomic E-state index is -0.904. The first-order valence-electron chi connectivity index (χ1n) is 15.5. The van der Waals surface area contributed by atoms with E-state index in [1.807, 2.05) is 30.3 Å². The maximum atomic E-state index is 13.5. The van der Waals surface area contributed by atoms with Gasteiger partial charge < -0.3 is 24.4 Å². The summed E-state index contributed by atoms with van der Waals surface area (Å²) in [6.45, 7) is 15.0. The van der Waals surface area contributed by atoms with E-state index in [-0.39, 0.29) is 24.5 Å². The second-order valence-corrected chi connectivity index (χ2v) is 14.6. The zero-order chi connectivity index (χ0) is 35.4. The summed E-state index contributed by atoms with van der Waals surface area (Å²) in [7, 11) is 5.20. The van der Waals surface area contributed by atoms with Gasteiger partial charge in [0.05, 0.1) is 41.3 Å². The van der Waals surface area contributed by atoms with Gasteiger partial charge in [-0.25, -0.2) is 19.6 Å². The van der Waals surface area contributed by atoms with Gasteiger partial charge in [-0.05, 0) is 78.0 Å². The van der Waals surface area contributed by atoms with Gasteiger partial charge in [0.2, 0.25) is 5.82 Å². The molecule has 12 nitrogen and oxygen atoms in total. The summed E-state index contributed by atoms with van der Waals surface area (Å²) in [6, 6.07) is 12.8. The number of methoxy groups -OCH3 is 1. The summed E-state index contributed by atoms with van der Waals surface area (Å²) in [6.07, 6.45) is 1.59. The molecule has 48 heavy (non-hydrogen) atoms. The van der Waals surface area contributed by atoms with Crippen LogP contribution in [0.2, 0.25) is 0 Å². The molecule has 0 aliphatic carbocycles. The molecule has 1 atom stereocenters. The molecule has 3 amide bonds. The highest BCUT2D eigenvalue weighted by molar-refractivity contribution is 6.17. The van der Waals surface area contributed by atoms with Crippen LogP contribution in [0.5, 0.6) is 5.75 Å². The van der Waals surface area contributed by atoms with Gasteiger partial charge in [0.25, 0.3) is 5.91 Å². The quantitative estimate of drug-likeness (QED) is 0.245. The van der Waals surface area contributed by atoms with Crippen molar-refractivity contribution in [2.75, 3.05) is 31.6 Å². The number of carbonyl (C=O) groups is 3. The number of aromatic nitrogens is 2. The monoisotopic (exact) mass is 669 g/mol. The number of anilines is 1. The largest absolute Gasteiger partial charge is 0.495 e. The van der Waals surface area contributed by atoms with E-state index in [9.17, 15) is 19.6 Å². The fraction of sp³-hybridized carbons (Fsp3) is 0.429. The Labute approximate surface area is 284 Å². The molecule has 1 fully saturated rings. The fourth-order valence-corrected chi connectivity index (χ4v) is 5.69. The number of carbonyl (C=O) groups excluding carboxylic acids is 3. The lowest BCUT2D eigenvalue weighted by molar-refractivity contribution is 0.0164. The lowest BCUT2D eigenvalue weighted by atomic mass is 10.0. The minimum Gasteiger partial charge on any atom is -0.495 e. The molecule has 1 saturated heterocycles. The third-order valence-electron chi connectivity index (χ3n) is 7.22. The first kappa shape index (κ1) is 35.9. The van der Waals surface area contributed by atoms with Gasteiger partial charge in [-0.2, -0.15) is 5.26 Å². The zero-order valence-corrected chi connectivity index (χ0v) is 29.5. The van der Waals surface area contributed by atoms with E-state index >= 15 is 0 Å². The molecule has 0 spiro atoms. The summed E-state index contributed by atoms with van der Waals surface area (Å²) in [4.78, 5) is 51.4. The molecule has 0 bridgehead atoms. The van der Waals surface area contributed by atoms with Crippen molar-refractivity contribution in [3.63, 3.8) is 0 Å². The number of benzene rings is 2. The van der Waals surface area contributed by atoms with Gasteiger partial charge in [-0.1, -0.05) is 24.8 Å². The Hall–Kier alpha value is -4.96. The molecule has 1 aromatic heterocycles. The number of nitrogens with one attached hydrogen (secondary N) is 1. The first-order chi connectivity index (χ1) is 22.4. The van der Waals surface area contributed by atoms with Crippen LogP contribution in [0, 0.1) is 11.3 Å². The Balaban J connectivity index is 1.68. The smallest absolute Gasteiger partial charge is 0.415 e. The van der Waals surface area contributed by atoms with Gasteiger partial charge in [0, 0.05) is 41.0 Å². The van der Waals surface area contributed by atoms with Crippen molar-refractivity contribution in [2.45, 2.75) is 70.7 Å². The van der Waals surface area contributed by atoms with Gasteiger partial charge in [-0.15, -0.1) is 0 Å². The van der Waals surface area contributed by atoms with Crippen molar-refractivity contribution in [3.05, 3.63) is 60.6 Å². The summed E-state index contributed by atoms with van der Waals surface area (Å²) in [5, 5.41) is 13.0. The zero-order valence-electron chi connectivity index (χ0n) is 28.5. The molecule has 0 saturated carbocycles. The molecule has 13 heteroatoms. The Kier molecular flexibility index (Phi) is 10.5. The van der Waals surface area contributed by atoms with Crippen LogP contribution in [0.3, 0.4) is 0 Å². The fourth-order valence-electron chi connectivity index (χ4n) is 5.21. The van der Waals surface area contributed by atoms with Gasteiger partial charge in [0.15, 0.2) is 0 Å². The standard InChI is InChI=1S/C35H41N6O6Si/c1-22(19-36)20-41(32(44)47-34(5,6)7)28-25-18-24(11-10-23(25)12-13-27(28)45-8)26-14-16-37-29(38-26)30(42)39-35(48)15-9-17-40(21-35)31(43)46-33(2,3)4/h10-14,16,18H,1,9,15,17,20-21H2,2-8H3,(H,39,42)/t35-/m0/s1. The molecule has 1 N–H and O–H groups in total. The van der Waals surface area contributed by atoms with Gasteiger partial charge in [0.1, 0.15) is 17.0 Å². The number of likely N-dealkylation sites (tertiary alicyclic amines) is 1. The highest BCUT2D eigenvalue weighted by Crippen LogP contribution is 2.39. The molecule has 1 aliphatic heterocycles. The molecule has 3 aromatic rings. The third kappa shape index (κ3) is 8.89. The Morgan fingerprint density at radius 3 is 2.44 bits per heavy atom. The molecule has 0 unspecified atom stereocenters. The predicted molar refractivity (Wildman–Crippen MR) is 183 cm³/mol. The predicted octanol–water partition coefficient (Wildman–Crippen LogP) is 5.75. The maximum absolute atomic E-state index is 13.5. The summed E-state index contributed by atoms with van der Waals surface area (Å²) < 4.78 is 16.9. The second-order valence-electron chi connectivity index (χ2n) is 13.6. The van der Waals surface area contributed by atoms with E-state index in [2.05, 4.69) is 32.1 Å². The molecule has 251 valence electrons. The van der Waals surface area contributed by atoms with Crippen LogP contribution in [-0.2, 0) is 9.47 Å². The van der Waals surface area contributed by atoms with E-state index in [0.29, 0.717) is 47.5 Å². The van der Waals surface area contributed by atoms with E-state index in [0.717, 1.165) is 5.39 Å². The van der Waals surface area contributed by atoms with Crippen LogP contribution in [0.15, 0.2) is 54.7 Å². The number of hydrogen-bond acceptors (Lipinski definition) is 9. The van der Waals surface area contributed by atoms with Crippen LogP contribution in [0.1, 0.15) is 65.0 Å². The highest BCUT2D eigenvalue weighted by Gasteiger charge is 2.37. The van der Waals surface area contributed by atoms with Crippen molar-refractivity contribution < 1.29 is 28.6 Å². The average molecular weight is 670 g/mol. The Morgan fingerprint density at radius 2 is 1.79 bits per heavy atom. The molecule has 4 rings (SSSR count). The summed E-state index contributed by atoms with van der Waals surface area (Å²) in [5.74, 6) is -0.201. The van der Waals surface area contributed by atoms with Crippen molar-refractivity contribution in [1.82, 2.24) is 20.2 Å². The molecular weight excluding hydrogens is 629 g/mol. The van der Waals surface area contributed by atoms with Gasteiger partial charge >= 0.3 is 12.2 Å². The Bertz CT molecular complexity index is 1780. The second kappa shape index (κ2) is 14.0. The van der Waals surface area contributed by atoms with Crippen LogP contribution < -0.4 is 15.0 Å². The van der Waals surface area contributed by atoms with E-state index in [1.165, 1.54) is 18.2 Å². The topological polar surface area (TPSA) is 147 Å². The van der Waals surface area contributed by atoms with Crippen molar-refractivity contribution in [1.29, 1.82) is 5.26 Å². The Morgan fingerprint density at radius 1 is 1.10 bits per heavy atom. The summed E-state index contributed by atoms with van der Waals surface area (Å²) >= 11 is 0. The van der Waals surface area contributed by atoms with Crippen molar-refractivity contribution >= 4 is 44.8 Å². The van der Waals surface area contributed by atoms with E-state index < -0.39 is 34.5 Å². The first-order valence-corrected chi connectivity index (χ1v) is 16.0. The van der Waals surface area contributed by atoms with Crippen LogP contribution in [0.25, 0.3) is 22.0 Å². The number of nitriles is 1. The molecular formula is C35H41N6O6Si.